The van der Waals surface area contributed by atoms with Gasteiger partial charge in [0.15, 0.2) is 5.13 Å². The zero-order valence-electron chi connectivity index (χ0n) is 11.1. The molecule has 1 aromatic rings. The Morgan fingerprint density at radius 1 is 1.33 bits per heavy atom. The molecule has 2 rings (SSSR count). The van der Waals surface area contributed by atoms with E-state index in [2.05, 4.69) is 21.8 Å². The fourth-order valence-corrected chi connectivity index (χ4v) is 3.09. The minimum atomic E-state index is 0.0457. The minimum Gasteiger partial charge on any atom is -0.391 e. The maximum atomic E-state index is 9.34. The Kier molecular flexibility index (Phi) is 4.94. The molecule has 2 heterocycles. The highest BCUT2D eigenvalue weighted by atomic mass is 32.1. The standard InChI is InChI=1S/C12H21N3O2S/c1-14-4-3-5-15(7-6-14)12-13-10(9-17-2)11(8-16)18-12/h16H,3-9H2,1-2H3. The van der Waals surface area contributed by atoms with E-state index in [1.807, 2.05) is 0 Å². The van der Waals surface area contributed by atoms with Crippen LogP contribution < -0.4 is 4.90 Å². The van der Waals surface area contributed by atoms with Gasteiger partial charge in [-0.1, -0.05) is 11.3 Å². The van der Waals surface area contributed by atoms with E-state index in [1.165, 1.54) is 0 Å². The summed E-state index contributed by atoms with van der Waals surface area (Å²) in [6.07, 6.45) is 1.16. The van der Waals surface area contributed by atoms with Crippen molar-refractivity contribution >= 4 is 16.5 Å². The molecule has 0 bridgehead atoms. The summed E-state index contributed by atoms with van der Waals surface area (Å²) in [5, 5.41) is 10.4. The van der Waals surface area contributed by atoms with E-state index in [9.17, 15) is 5.11 Å². The number of hydrogen-bond donors (Lipinski definition) is 1. The molecular formula is C12H21N3O2S. The number of likely N-dealkylation sites (N-methyl/N-ethyl adjacent to an activating group) is 1. The van der Waals surface area contributed by atoms with Crippen molar-refractivity contribution in [1.29, 1.82) is 0 Å². The number of hydrogen-bond acceptors (Lipinski definition) is 6. The first-order chi connectivity index (χ1) is 8.74. The Labute approximate surface area is 112 Å². The lowest BCUT2D eigenvalue weighted by Crippen LogP contribution is -2.28. The van der Waals surface area contributed by atoms with Crippen LogP contribution in [0, 0.1) is 0 Å². The third-order valence-electron chi connectivity index (χ3n) is 3.18. The molecule has 0 aromatic carbocycles. The van der Waals surface area contributed by atoms with Crippen LogP contribution in [0.3, 0.4) is 0 Å². The number of ether oxygens (including phenoxy) is 1. The highest BCUT2D eigenvalue weighted by molar-refractivity contribution is 7.15. The van der Waals surface area contributed by atoms with Gasteiger partial charge in [0, 0.05) is 26.7 Å². The van der Waals surface area contributed by atoms with Gasteiger partial charge in [-0.05, 0) is 20.0 Å². The second kappa shape index (κ2) is 6.47. The topological polar surface area (TPSA) is 48.8 Å². The second-order valence-electron chi connectivity index (χ2n) is 4.60. The smallest absolute Gasteiger partial charge is 0.185 e. The molecule has 0 unspecified atom stereocenters. The predicted octanol–water partition coefficient (Wildman–Crippen LogP) is 0.924. The number of anilines is 1. The van der Waals surface area contributed by atoms with Crippen molar-refractivity contribution in [2.75, 3.05) is 45.2 Å². The number of aliphatic hydroxyl groups excluding tert-OH is 1. The molecule has 0 amide bonds. The van der Waals surface area contributed by atoms with Crippen LogP contribution >= 0.6 is 11.3 Å². The summed E-state index contributed by atoms with van der Waals surface area (Å²) < 4.78 is 5.12. The molecule has 1 N–H and O–H groups in total. The molecule has 0 atom stereocenters. The monoisotopic (exact) mass is 271 g/mol. The van der Waals surface area contributed by atoms with Crippen molar-refractivity contribution in [3.05, 3.63) is 10.6 Å². The highest BCUT2D eigenvalue weighted by Crippen LogP contribution is 2.27. The molecule has 0 aliphatic carbocycles. The van der Waals surface area contributed by atoms with Gasteiger partial charge in [0.2, 0.25) is 0 Å². The van der Waals surface area contributed by atoms with Crippen molar-refractivity contribution in [3.8, 4) is 0 Å². The van der Waals surface area contributed by atoms with Gasteiger partial charge in [0.05, 0.1) is 23.8 Å². The van der Waals surface area contributed by atoms with E-state index in [0.29, 0.717) is 6.61 Å². The molecule has 18 heavy (non-hydrogen) atoms. The molecule has 1 aliphatic rings. The Balaban J connectivity index is 2.11. The molecule has 5 nitrogen and oxygen atoms in total. The van der Waals surface area contributed by atoms with Crippen LogP contribution in [0.25, 0.3) is 0 Å². The van der Waals surface area contributed by atoms with Gasteiger partial charge in [-0.15, -0.1) is 0 Å². The molecule has 0 saturated carbocycles. The zero-order chi connectivity index (χ0) is 13.0. The molecule has 6 heteroatoms. The van der Waals surface area contributed by atoms with Gasteiger partial charge in [0.25, 0.3) is 0 Å². The summed E-state index contributed by atoms with van der Waals surface area (Å²) in [6, 6.07) is 0. The van der Waals surface area contributed by atoms with Crippen molar-refractivity contribution < 1.29 is 9.84 Å². The first-order valence-corrected chi connectivity index (χ1v) is 7.08. The number of nitrogens with zero attached hydrogens (tertiary/aromatic N) is 3. The second-order valence-corrected chi connectivity index (χ2v) is 5.66. The Morgan fingerprint density at radius 2 is 2.17 bits per heavy atom. The molecule has 102 valence electrons. The highest BCUT2D eigenvalue weighted by Gasteiger charge is 2.18. The molecule has 0 radical (unpaired) electrons. The average molecular weight is 271 g/mol. The third kappa shape index (κ3) is 3.20. The van der Waals surface area contributed by atoms with Gasteiger partial charge in [-0.2, -0.15) is 0 Å². The number of thiazole rings is 1. The lowest BCUT2D eigenvalue weighted by Gasteiger charge is -2.19. The summed E-state index contributed by atoms with van der Waals surface area (Å²) in [5.74, 6) is 0. The summed E-state index contributed by atoms with van der Waals surface area (Å²) in [5.41, 5.74) is 0.873. The normalized spacial score (nSPS) is 18.1. The van der Waals surface area contributed by atoms with Crippen LogP contribution in [0.15, 0.2) is 0 Å². The summed E-state index contributed by atoms with van der Waals surface area (Å²) in [7, 11) is 3.81. The lowest BCUT2D eigenvalue weighted by atomic mass is 10.4. The van der Waals surface area contributed by atoms with E-state index in [1.54, 1.807) is 18.4 Å². The van der Waals surface area contributed by atoms with E-state index < -0.39 is 0 Å². The van der Waals surface area contributed by atoms with Crippen LogP contribution in [0.5, 0.6) is 0 Å². The van der Waals surface area contributed by atoms with Gasteiger partial charge in [-0.25, -0.2) is 4.98 Å². The summed E-state index contributed by atoms with van der Waals surface area (Å²) >= 11 is 1.58. The fourth-order valence-electron chi connectivity index (χ4n) is 2.12. The first-order valence-electron chi connectivity index (χ1n) is 6.26. The van der Waals surface area contributed by atoms with Crippen LogP contribution in [0.4, 0.5) is 5.13 Å². The molecule has 1 fully saturated rings. The van der Waals surface area contributed by atoms with Crippen LogP contribution in [-0.4, -0.2) is 55.3 Å². The van der Waals surface area contributed by atoms with E-state index >= 15 is 0 Å². The van der Waals surface area contributed by atoms with Gasteiger partial charge < -0.3 is 19.6 Å². The van der Waals surface area contributed by atoms with Crippen molar-refractivity contribution in [1.82, 2.24) is 9.88 Å². The largest absolute Gasteiger partial charge is 0.391 e. The molecule has 0 spiro atoms. The van der Waals surface area contributed by atoms with Crippen molar-refractivity contribution in [3.63, 3.8) is 0 Å². The van der Waals surface area contributed by atoms with Crippen LogP contribution in [0.2, 0.25) is 0 Å². The number of aromatic nitrogens is 1. The van der Waals surface area contributed by atoms with Gasteiger partial charge >= 0.3 is 0 Å². The van der Waals surface area contributed by atoms with E-state index in [-0.39, 0.29) is 6.61 Å². The Bertz CT molecular complexity index is 383. The van der Waals surface area contributed by atoms with Crippen molar-refractivity contribution in [2.24, 2.45) is 0 Å². The first kappa shape index (κ1) is 13.7. The van der Waals surface area contributed by atoms with E-state index in [4.69, 9.17) is 4.74 Å². The quantitative estimate of drug-likeness (QED) is 0.882. The van der Waals surface area contributed by atoms with Gasteiger partial charge in [0.1, 0.15) is 0 Å². The zero-order valence-corrected chi connectivity index (χ0v) is 11.9. The number of methoxy groups -OCH3 is 1. The third-order valence-corrected chi connectivity index (χ3v) is 4.32. The maximum Gasteiger partial charge on any atom is 0.185 e. The van der Waals surface area contributed by atoms with Crippen molar-refractivity contribution in [2.45, 2.75) is 19.6 Å². The minimum absolute atomic E-state index is 0.0457. The van der Waals surface area contributed by atoms with Crippen LogP contribution in [0.1, 0.15) is 17.0 Å². The molecule has 1 aromatic heterocycles. The summed E-state index contributed by atoms with van der Waals surface area (Å²) in [6.45, 7) is 4.76. The maximum absolute atomic E-state index is 9.34. The lowest BCUT2D eigenvalue weighted by molar-refractivity contribution is 0.179. The van der Waals surface area contributed by atoms with E-state index in [0.717, 1.165) is 48.3 Å². The molecule has 1 saturated heterocycles. The average Bonchev–Trinajstić information content (AvgIpc) is 2.64. The predicted molar refractivity (Wildman–Crippen MR) is 73.1 cm³/mol. The fraction of sp³-hybridized carbons (Fsp3) is 0.750. The molecular weight excluding hydrogens is 250 g/mol. The number of aliphatic hydroxyl groups is 1. The SMILES string of the molecule is COCc1nc(N2CCCN(C)CC2)sc1CO. The van der Waals surface area contributed by atoms with Crippen LogP contribution in [-0.2, 0) is 18.0 Å². The Morgan fingerprint density at radius 3 is 2.89 bits per heavy atom. The van der Waals surface area contributed by atoms with Gasteiger partial charge in [-0.3, -0.25) is 0 Å². The summed E-state index contributed by atoms with van der Waals surface area (Å²) in [4.78, 5) is 10.2. The molecule has 1 aliphatic heterocycles. The Hall–Kier alpha value is -0.690. The number of rotatable bonds is 4.